The molecular formula is C28H42BBrN7O4S. The van der Waals surface area contributed by atoms with Crippen molar-refractivity contribution in [3.63, 3.8) is 0 Å². The van der Waals surface area contributed by atoms with Crippen LogP contribution in [0.3, 0.4) is 0 Å². The Morgan fingerprint density at radius 3 is 1.88 bits per heavy atom. The van der Waals surface area contributed by atoms with Crippen LogP contribution in [-0.2, 0) is 43.0 Å². The summed E-state index contributed by atoms with van der Waals surface area (Å²) in [5.41, 5.74) is 2.25. The van der Waals surface area contributed by atoms with Gasteiger partial charge in [-0.15, -0.1) is 0 Å². The second-order valence-electron chi connectivity index (χ2n) is 12.2. The van der Waals surface area contributed by atoms with E-state index in [1.807, 2.05) is 34.1 Å². The van der Waals surface area contributed by atoms with Crippen molar-refractivity contribution in [1.82, 2.24) is 28.9 Å². The Balaban J connectivity index is 0.000000177. The molecule has 2 fully saturated rings. The normalized spacial score (nSPS) is 24.5. The van der Waals surface area contributed by atoms with Gasteiger partial charge in [-0.25, -0.2) is 9.97 Å². The minimum absolute atomic E-state index is 0.0104. The molecule has 14 heteroatoms. The van der Waals surface area contributed by atoms with Crippen LogP contribution in [0.1, 0.15) is 88.5 Å². The zero-order chi connectivity index (χ0) is 30.8. The third-order valence-electron chi connectivity index (χ3n) is 9.13. The van der Waals surface area contributed by atoms with E-state index < -0.39 is 0 Å². The molecular weight excluding hydrogens is 621 g/mol. The van der Waals surface area contributed by atoms with E-state index >= 15 is 0 Å². The molecule has 0 aliphatic carbocycles. The number of nitrogens with zero attached hydrogens (tertiary/aromatic N) is 7. The fourth-order valence-corrected chi connectivity index (χ4v) is 6.87. The van der Waals surface area contributed by atoms with Gasteiger partial charge in [-0.3, -0.25) is 9.59 Å². The molecule has 6 heterocycles. The predicted molar refractivity (Wildman–Crippen MR) is 167 cm³/mol. The number of aromatic nitrogens is 4. The van der Waals surface area contributed by atoms with Crippen LogP contribution in [0, 0.1) is 0 Å². The Kier molecular flexibility index (Phi) is 10.4. The van der Waals surface area contributed by atoms with Crippen molar-refractivity contribution in [3.8, 4) is 0 Å². The van der Waals surface area contributed by atoms with Crippen LogP contribution < -0.4 is 0 Å². The molecule has 4 aliphatic heterocycles. The van der Waals surface area contributed by atoms with Crippen molar-refractivity contribution >= 4 is 48.2 Å². The first-order chi connectivity index (χ1) is 19.9. The molecule has 1 radical (unpaired) electrons. The van der Waals surface area contributed by atoms with E-state index in [1.54, 1.807) is 9.80 Å². The van der Waals surface area contributed by atoms with Gasteiger partial charge in [0.05, 0.1) is 30.7 Å². The Bertz CT molecular complexity index is 1310. The number of thiol groups is 1. The third kappa shape index (κ3) is 6.27. The SMILES string of the molecule is CC1C(=O)N(C)Cc2c(Br)nc(C3(C)CCOCC3)n21.CC1C(=O)N(C)Cc2cnc(C3(C)CCOCC3)n21.[B]=NS. The van der Waals surface area contributed by atoms with E-state index in [-0.39, 0.29) is 34.7 Å². The molecule has 2 aromatic rings. The number of likely N-dealkylation sites (N-methyl/N-ethyl adjacent to an activating group) is 2. The summed E-state index contributed by atoms with van der Waals surface area (Å²) < 4.78 is 18.8. The van der Waals surface area contributed by atoms with Crippen molar-refractivity contribution in [1.29, 1.82) is 0 Å². The first kappa shape index (κ1) is 32.9. The summed E-state index contributed by atoms with van der Waals surface area (Å²) in [5, 5.41) is 0. The summed E-state index contributed by atoms with van der Waals surface area (Å²) >= 11 is 6.76. The number of amides is 2. The fraction of sp³-hybridized carbons (Fsp3) is 0.714. The molecule has 2 saturated heterocycles. The van der Waals surface area contributed by atoms with E-state index in [0.29, 0.717) is 13.1 Å². The van der Waals surface area contributed by atoms with E-state index in [0.717, 1.165) is 79.8 Å². The summed E-state index contributed by atoms with van der Waals surface area (Å²) in [5.74, 6) is 2.40. The Hall–Kier alpha value is -2.03. The molecule has 0 aromatic carbocycles. The van der Waals surface area contributed by atoms with Crippen LogP contribution in [0.15, 0.2) is 15.1 Å². The summed E-state index contributed by atoms with van der Waals surface area (Å²) in [6.45, 7) is 12.7. The molecule has 42 heavy (non-hydrogen) atoms. The van der Waals surface area contributed by atoms with Gasteiger partial charge >= 0.3 is 24.8 Å². The quantitative estimate of drug-likeness (QED) is 0.386. The molecule has 0 spiro atoms. The van der Waals surface area contributed by atoms with Crippen LogP contribution in [0.4, 0.5) is 0 Å². The number of hydrogen-bond acceptors (Lipinski definition) is 8. The van der Waals surface area contributed by atoms with Gasteiger partial charge in [-0.1, -0.05) is 13.8 Å². The molecule has 6 rings (SSSR count). The molecule has 2 atom stereocenters. The summed E-state index contributed by atoms with van der Waals surface area (Å²) in [6, 6.07) is -0.330. The van der Waals surface area contributed by atoms with Crippen molar-refractivity contribution in [2.75, 3.05) is 40.5 Å². The number of ether oxygens (including phenoxy) is 2. The second-order valence-corrected chi connectivity index (χ2v) is 13.2. The monoisotopic (exact) mass is 662 g/mol. The van der Waals surface area contributed by atoms with E-state index in [4.69, 9.17) is 14.5 Å². The van der Waals surface area contributed by atoms with Crippen molar-refractivity contribution in [2.45, 2.75) is 89.4 Å². The van der Waals surface area contributed by atoms with Gasteiger partial charge in [0, 0.05) is 51.4 Å². The molecule has 4 aliphatic rings. The number of fused-ring (bicyclic) bond motifs is 2. The maximum absolute atomic E-state index is 12.3. The fourth-order valence-electron chi connectivity index (χ4n) is 6.39. The first-order valence-corrected chi connectivity index (χ1v) is 15.6. The van der Waals surface area contributed by atoms with Crippen molar-refractivity contribution < 1.29 is 19.1 Å². The number of hydrogen-bond donors (Lipinski definition) is 1. The molecule has 2 amide bonds. The number of halogens is 1. The molecule has 2 aromatic heterocycles. The van der Waals surface area contributed by atoms with Gasteiger partial charge in [0.1, 0.15) is 28.3 Å². The summed E-state index contributed by atoms with van der Waals surface area (Å²) in [6.07, 6.45) is 5.77. The number of rotatable bonds is 2. The zero-order valence-electron chi connectivity index (χ0n) is 25.5. The molecule has 2 unspecified atom stereocenters. The van der Waals surface area contributed by atoms with Gasteiger partial charge < -0.3 is 28.4 Å². The van der Waals surface area contributed by atoms with Crippen molar-refractivity contribution in [3.05, 3.63) is 33.8 Å². The molecule has 0 N–H and O–H groups in total. The number of imidazole rings is 2. The Morgan fingerprint density at radius 2 is 1.36 bits per heavy atom. The summed E-state index contributed by atoms with van der Waals surface area (Å²) in [7, 11) is 8.03. The summed E-state index contributed by atoms with van der Waals surface area (Å²) in [4.78, 5) is 37.4. The first-order valence-electron chi connectivity index (χ1n) is 14.4. The van der Waals surface area contributed by atoms with Crippen LogP contribution in [0.5, 0.6) is 0 Å². The third-order valence-corrected chi connectivity index (χ3v) is 9.77. The number of carbonyl (C=O) groups is 2. The standard InChI is InChI=1S/C14H20BrN3O2.C14H21N3O2.BHNS/c1-9-12(19)17(3)8-10-11(15)16-13(18(9)10)14(2)4-6-20-7-5-14;1-10-12(18)16(3)9-11-8-15-13(17(10)11)14(2)4-6-19-7-5-14;1-2-3/h9H,4-8H2,1-3H3;8,10H,4-7,9H2,1-3H3;3H. The minimum atomic E-state index is -0.183. The van der Waals surface area contributed by atoms with Crippen molar-refractivity contribution in [2.24, 2.45) is 4.30 Å². The van der Waals surface area contributed by atoms with Gasteiger partial charge in [0.25, 0.3) is 0 Å². The van der Waals surface area contributed by atoms with Gasteiger partial charge in [-0.05, 0) is 55.5 Å². The van der Waals surface area contributed by atoms with E-state index in [2.05, 4.69) is 68.6 Å². The topological polar surface area (TPSA) is 107 Å². The number of carbonyl (C=O) groups excluding carboxylic acids is 2. The Labute approximate surface area is 263 Å². The zero-order valence-corrected chi connectivity index (χ0v) is 27.9. The van der Waals surface area contributed by atoms with Gasteiger partial charge in [0.15, 0.2) is 0 Å². The van der Waals surface area contributed by atoms with Crippen LogP contribution >= 0.6 is 28.7 Å². The molecule has 229 valence electrons. The van der Waals surface area contributed by atoms with E-state index in [1.165, 1.54) is 0 Å². The van der Waals surface area contributed by atoms with E-state index in [9.17, 15) is 9.59 Å². The average molecular weight is 663 g/mol. The molecule has 0 bridgehead atoms. The Morgan fingerprint density at radius 1 is 0.905 bits per heavy atom. The average Bonchev–Trinajstić information content (AvgIpc) is 3.54. The molecule has 11 nitrogen and oxygen atoms in total. The van der Waals surface area contributed by atoms with Crippen LogP contribution in [0.25, 0.3) is 0 Å². The van der Waals surface area contributed by atoms with Crippen LogP contribution in [-0.4, -0.2) is 88.9 Å². The van der Waals surface area contributed by atoms with Gasteiger partial charge in [0.2, 0.25) is 11.8 Å². The maximum atomic E-state index is 12.3. The molecule has 0 saturated carbocycles. The predicted octanol–water partition coefficient (Wildman–Crippen LogP) is 3.91. The van der Waals surface area contributed by atoms with Gasteiger partial charge in [-0.2, -0.15) is 0 Å². The second kappa shape index (κ2) is 13.3. The van der Waals surface area contributed by atoms with Crippen LogP contribution in [0.2, 0.25) is 0 Å².